The van der Waals surface area contributed by atoms with Crippen molar-refractivity contribution in [1.82, 2.24) is 10.2 Å². The van der Waals surface area contributed by atoms with Gasteiger partial charge in [-0.05, 0) is 73.7 Å². The average molecular weight is 548 g/mol. The first kappa shape index (κ1) is 30.5. The lowest BCUT2D eigenvalue weighted by Crippen LogP contribution is -2.54. The summed E-state index contributed by atoms with van der Waals surface area (Å²) in [7, 11) is 0. The average Bonchev–Trinajstić information content (AvgIpc) is 2.89. The van der Waals surface area contributed by atoms with Gasteiger partial charge in [-0.3, -0.25) is 9.59 Å². The lowest BCUT2D eigenvalue weighted by molar-refractivity contribution is -0.141. The van der Waals surface area contributed by atoms with Gasteiger partial charge < -0.3 is 25.4 Å². The minimum atomic E-state index is -1.06. The van der Waals surface area contributed by atoms with Gasteiger partial charge in [-0.2, -0.15) is 0 Å². The van der Waals surface area contributed by atoms with Crippen molar-refractivity contribution < 1.29 is 24.2 Å². The molecule has 3 rings (SSSR count). The van der Waals surface area contributed by atoms with E-state index in [0.29, 0.717) is 24.1 Å². The first-order valence-electron chi connectivity index (χ1n) is 13.8. The van der Waals surface area contributed by atoms with Crippen molar-refractivity contribution in [2.45, 2.75) is 72.1 Å². The summed E-state index contributed by atoms with van der Waals surface area (Å²) in [5, 5.41) is 18.0. The third-order valence-corrected chi connectivity index (χ3v) is 6.66. The van der Waals surface area contributed by atoms with Crippen LogP contribution < -0.4 is 10.6 Å². The van der Waals surface area contributed by atoms with Crippen LogP contribution in [0.2, 0.25) is 0 Å². The van der Waals surface area contributed by atoms with Crippen LogP contribution in [0.5, 0.6) is 5.75 Å². The zero-order chi connectivity index (χ0) is 29.4. The number of alkyl carbamates (subject to hydrolysis) is 1. The predicted molar refractivity (Wildman–Crippen MR) is 158 cm³/mol. The molecule has 0 saturated heterocycles. The van der Waals surface area contributed by atoms with Gasteiger partial charge >= 0.3 is 6.09 Å². The highest BCUT2D eigenvalue weighted by Gasteiger charge is 2.38. The molecular weight excluding hydrogens is 506 g/mol. The third-order valence-electron chi connectivity index (χ3n) is 6.66. The number of benzene rings is 3. The van der Waals surface area contributed by atoms with Crippen LogP contribution >= 0.6 is 0 Å². The molecule has 0 spiro atoms. The fraction of sp³-hybridized carbons (Fsp3) is 0.406. The number of anilines is 1. The smallest absolute Gasteiger partial charge is 0.408 e. The molecule has 40 heavy (non-hydrogen) atoms. The van der Waals surface area contributed by atoms with Gasteiger partial charge in [-0.15, -0.1) is 0 Å². The second-order valence-electron chi connectivity index (χ2n) is 11.1. The number of rotatable bonds is 10. The highest BCUT2D eigenvalue weighted by atomic mass is 16.6. The molecule has 214 valence electrons. The van der Waals surface area contributed by atoms with Crippen LogP contribution in [0.1, 0.15) is 66.0 Å². The summed E-state index contributed by atoms with van der Waals surface area (Å²) in [5.41, 5.74) is 0.309. The molecule has 3 amide bonds. The van der Waals surface area contributed by atoms with Crippen molar-refractivity contribution in [3.63, 3.8) is 0 Å². The van der Waals surface area contributed by atoms with Crippen LogP contribution in [-0.4, -0.2) is 46.1 Å². The van der Waals surface area contributed by atoms with E-state index in [1.807, 2.05) is 63.2 Å². The zero-order valence-corrected chi connectivity index (χ0v) is 24.2. The molecule has 8 nitrogen and oxygen atoms in total. The predicted octanol–water partition coefficient (Wildman–Crippen LogP) is 6.40. The fourth-order valence-electron chi connectivity index (χ4n) is 4.55. The Kier molecular flexibility index (Phi) is 10.2. The number of hydrogen-bond acceptors (Lipinski definition) is 5. The van der Waals surface area contributed by atoms with Gasteiger partial charge in [0, 0.05) is 12.2 Å². The molecule has 0 fully saturated rings. The number of hydrogen-bond donors (Lipinski definition) is 3. The SMILES string of the molecule is CCCN(C(=O)C(NC(=O)OC(C)(C)C)C(C)CC)C(C(=O)Nc1ccc2ccccc2c1)c1cccc(O)c1. The second-order valence-corrected chi connectivity index (χ2v) is 11.1. The number of nitrogens with zero attached hydrogens (tertiary/aromatic N) is 1. The maximum Gasteiger partial charge on any atom is 0.408 e. The molecule has 0 aromatic heterocycles. The summed E-state index contributed by atoms with van der Waals surface area (Å²) in [6, 6.07) is 17.8. The van der Waals surface area contributed by atoms with Gasteiger partial charge in [0.15, 0.2) is 0 Å². The third kappa shape index (κ3) is 7.97. The molecule has 3 unspecified atom stereocenters. The van der Waals surface area contributed by atoms with Crippen molar-refractivity contribution in [3.8, 4) is 5.75 Å². The second kappa shape index (κ2) is 13.3. The Morgan fingerprint density at radius 1 is 0.950 bits per heavy atom. The quantitative estimate of drug-likeness (QED) is 0.272. The summed E-state index contributed by atoms with van der Waals surface area (Å²) in [5.74, 6) is -1.07. The van der Waals surface area contributed by atoms with E-state index in [1.54, 1.807) is 32.9 Å². The number of phenolic OH excluding ortho intramolecular Hbond substituents is 1. The van der Waals surface area contributed by atoms with Gasteiger partial charge in [0.25, 0.3) is 5.91 Å². The molecule has 0 heterocycles. The van der Waals surface area contributed by atoms with Gasteiger partial charge in [0.1, 0.15) is 23.4 Å². The maximum atomic E-state index is 14.2. The zero-order valence-electron chi connectivity index (χ0n) is 24.2. The molecule has 3 N–H and O–H groups in total. The first-order chi connectivity index (χ1) is 18.9. The van der Waals surface area contributed by atoms with Crippen LogP contribution in [0, 0.1) is 5.92 Å². The number of phenols is 1. The summed E-state index contributed by atoms with van der Waals surface area (Å²) >= 11 is 0. The van der Waals surface area contributed by atoms with Crippen LogP contribution in [0.3, 0.4) is 0 Å². The highest BCUT2D eigenvalue weighted by molar-refractivity contribution is 6.00. The van der Waals surface area contributed by atoms with E-state index in [2.05, 4.69) is 10.6 Å². The number of ether oxygens (including phenoxy) is 1. The summed E-state index contributed by atoms with van der Waals surface area (Å²) in [6.45, 7) is 11.3. The largest absolute Gasteiger partial charge is 0.508 e. The Morgan fingerprint density at radius 3 is 2.27 bits per heavy atom. The molecule has 3 aromatic rings. The Balaban J connectivity index is 2.01. The molecule has 0 radical (unpaired) electrons. The molecule has 0 bridgehead atoms. The normalized spacial score (nSPS) is 13.7. The molecule has 0 aliphatic carbocycles. The van der Waals surface area contributed by atoms with Crippen molar-refractivity contribution in [2.24, 2.45) is 5.92 Å². The lowest BCUT2D eigenvalue weighted by Gasteiger charge is -2.36. The van der Waals surface area contributed by atoms with Crippen LogP contribution in [0.25, 0.3) is 10.8 Å². The van der Waals surface area contributed by atoms with Gasteiger partial charge in [0.2, 0.25) is 5.91 Å². The topological polar surface area (TPSA) is 108 Å². The Labute approximate surface area is 236 Å². The molecular formula is C32H41N3O5. The van der Waals surface area contributed by atoms with Gasteiger partial charge in [0.05, 0.1) is 0 Å². The summed E-state index contributed by atoms with van der Waals surface area (Å²) in [4.78, 5) is 42.3. The molecule has 0 aliphatic rings. The van der Waals surface area contributed by atoms with Gasteiger partial charge in [-0.1, -0.05) is 69.7 Å². The van der Waals surface area contributed by atoms with E-state index < -0.39 is 35.6 Å². The van der Waals surface area contributed by atoms with Crippen LogP contribution in [-0.2, 0) is 14.3 Å². The standard InChI is InChI=1S/C32H41N3O5/c1-7-18-35(30(38)27(21(3)8-2)34-31(39)40-32(4,5)6)28(24-14-11-15-26(36)20-24)29(37)33-25-17-16-22-12-9-10-13-23(22)19-25/h9-17,19-21,27-28,36H,7-8,18H2,1-6H3,(H,33,37)(H,34,39). The van der Waals surface area contributed by atoms with E-state index in [1.165, 1.54) is 17.0 Å². The number of carbonyl (C=O) groups excluding carboxylic acids is 3. The molecule has 3 atom stereocenters. The number of amides is 3. The molecule has 3 aromatic carbocycles. The number of aromatic hydroxyl groups is 1. The monoisotopic (exact) mass is 547 g/mol. The van der Waals surface area contributed by atoms with Crippen molar-refractivity contribution in [2.75, 3.05) is 11.9 Å². The van der Waals surface area contributed by atoms with Crippen LogP contribution in [0.15, 0.2) is 66.7 Å². The lowest BCUT2D eigenvalue weighted by atomic mass is 9.95. The Bertz CT molecular complexity index is 1330. The Morgan fingerprint density at radius 2 is 1.65 bits per heavy atom. The Hall–Kier alpha value is -4.07. The van der Waals surface area contributed by atoms with E-state index >= 15 is 0 Å². The highest BCUT2D eigenvalue weighted by Crippen LogP contribution is 2.29. The first-order valence-corrected chi connectivity index (χ1v) is 13.8. The number of carbonyl (C=O) groups is 3. The summed E-state index contributed by atoms with van der Waals surface area (Å²) in [6.07, 6.45) is 0.494. The van der Waals surface area contributed by atoms with E-state index in [-0.39, 0.29) is 18.2 Å². The minimum Gasteiger partial charge on any atom is -0.508 e. The number of nitrogens with one attached hydrogen (secondary N) is 2. The van der Waals surface area contributed by atoms with Crippen molar-refractivity contribution >= 4 is 34.4 Å². The summed E-state index contributed by atoms with van der Waals surface area (Å²) < 4.78 is 5.44. The molecule has 0 saturated carbocycles. The van der Waals surface area contributed by atoms with E-state index in [4.69, 9.17) is 4.74 Å². The fourth-order valence-corrected chi connectivity index (χ4v) is 4.55. The molecule has 0 aliphatic heterocycles. The minimum absolute atomic E-state index is 0.0183. The van der Waals surface area contributed by atoms with Crippen molar-refractivity contribution in [1.29, 1.82) is 0 Å². The maximum absolute atomic E-state index is 14.2. The van der Waals surface area contributed by atoms with E-state index in [0.717, 1.165) is 10.8 Å². The van der Waals surface area contributed by atoms with E-state index in [9.17, 15) is 19.5 Å². The van der Waals surface area contributed by atoms with Gasteiger partial charge in [-0.25, -0.2) is 4.79 Å². The molecule has 8 heteroatoms. The van der Waals surface area contributed by atoms with Crippen LogP contribution in [0.4, 0.5) is 10.5 Å². The van der Waals surface area contributed by atoms with Crippen molar-refractivity contribution in [3.05, 3.63) is 72.3 Å². The number of fused-ring (bicyclic) bond motifs is 1.